The van der Waals surface area contributed by atoms with Gasteiger partial charge in [0.2, 0.25) is 5.91 Å². The van der Waals surface area contributed by atoms with Crippen molar-refractivity contribution < 1.29 is 51.5 Å². The Morgan fingerprint density at radius 2 is 1.65 bits per heavy atom. The molecule has 0 aliphatic carbocycles. The van der Waals surface area contributed by atoms with Crippen molar-refractivity contribution in [3.05, 3.63) is 99.6 Å². The van der Waals surface area contributed by atoms with Gasteiger partial charge in [-0.05, 0) is 76.0 Å². The number of esters is 1. The van der Waals surface area contributed by atoms with Gasteiger partial charge in [0.1, 0.15) is 47.0 Å². The van der Waals surface area contributed by atoms with Crippen molar-refractivity contribution in [2.45, 2.75) is 49.6 Å². The van der Waals surface area contributed by atoms with Gasteiger partial charge in [0.15, 0.2) is 5.76 Å². The predicted octanol–water partition coefficient (Wildman–Crippen LogP) is 6.75. The lowest BCUT2D eigenvalue weighted by Crippen LogP contribution is -2.70. The second-order valence-electron chi connectivity index (χ2n) is 18.4. The van der Waals surface area contributed by atoms with Crippen LogP contribution in [0, 0.1) is 0 Å². The number of rotatable bonds is 15. The fraction of sp³-hybridized carbons (Fsp3) is 0.408. The second-order valence-corrected chi connectivity index (χ2v) is 21.5. The SMILES string of the molecule is CN(C)CCOc1ccc2oc(C(=O)N3C[C@@H](Cl)c4c3cc(OC(=O)N(C)CCN(C)C(=O)OCC3=C(C(=O)OC(C)(C)C)N5C[C@@H](NC(=O)Cc6cccs6)[C@H]5S(=O)C3)c3ccccc43)cc2c1. The minimum absolute atomic E-state index is 0.0394. The van der Waals surface area contributed by atoms with Crippen LogP contribution < -0.4 is 19.7 Å². The molecule has 4 amide bonds. The van der Waals surface area contributed by atoms with Gasteiger partial charge in [-0.25, -0.2) is 14.4 Å². The molecule has 0 saturated carbocycles. The first-order chi connectivity index (χ1) is 32.8. The number of halogens is 1. The summed E-state index contributed by atoms with van der Waals surface area (Å²) in [7, 11) is 5.42. The van der Waals surface area contributed by atoms with Gasteiger partial charge in [0.25, 0.3) is 5.91 Å². The molecule has 4 atom stereocenters. The van der Waals surface area contributed by atoms with Gasteiger partial charge in [0.05, 0.1) is 40.1 Å². The summed E-state index contributed by atoms with van der Waals surface area (Å²) in [6, 6.07) is 19.3. The number of hydrogen-bond acceptors (Lipinski definition) is 14. The fourth-order valence-corrected chi connectivity index (χ4v) is 11.1. The summed E-state index contributed by atoms with van der Waals surface area (Å²) in [6.07, 6.45) is -1.27. The third kappa shape index (κ3) is 11.0. The zero-order chi connectivity index (χ0) is 49.3. The molecule has 5 heterocycles. The number of anilines is 1. The Morgan fingerprint density at radius 1 is 0.913 bits per heavy atom. The van der Waals surface area contributed by atoms with Crippen LogP contribution in [0.5, 0.6) is 11.5 Å². The van der Waals surface area contributed by atoms with Crippen LogP contribution in [0.15, 0.2) is 87.8 Å². The van der Waals surface area contributed by atoms with Crippen molar-refractivity contribution >= 4 is 91.1 Å². The van der Waals surface area contributed by atoms with Crippen LogP contribution in [-0.4, -0.2) is 151 Å². The van der Waals surface area contributed by atoms with E-state index in [1.54, 1.807) is 49.9 Å². The van der Waals surface area contributed by atoms with Crippen molar-refractivity contribution in [3.8, 4) is 11.5 Å². The molecule has 3 aliphatic rings. The predicted molar refractivity (Wildman–Crippen MR) is 263 cm³/mol. The van der Waals surface area contributed by atoms with Crippen LogP contribution in [0.3, 0.4) is 0 Å². The lowest BCUT2D eigenvalue weighted by Gasteiger charge is -2.52. The number of fused-ring (bicyclic) bond motifs is 5. The Morgan fingerprint density at radius 3 is 2.36 bits per heavy atom. The van der Waals surface area contributed by atoms with E-state index >= 15 is 0 Å². The standard InChI is InChI=1S/C49H55ClN6O11S2/c1-49(2,3)67-46(59)43-30(28-69(62)45-36(26-56(43)45)51-41(57)23-32-11-10-20-68-32)27-64-47(60)53(6)16-17-54(7)48(61)66-39-24-37-42(34-13-9-8-12-33(34)39)35(50)25-55(37)44(58)40-22-29-21-31(14-15-38(29)65-40)63-19-18-52(4)5/h8-15,20-22,24,35-36,45H,16-19,23,25-28H2,1-7H3,(H,51,57)/t35-,36-,45-,69?/m1/s1. The number of carbonyl (C=O) groups excluding carboxylic acids is 5. The summed E-state index contributed by atoms with van der Waals surface area (Å²) in [5.41, 5.74) is 1.38. The molecule has 5 aromatic rings. The average Bonchev–Trinajstić information content (AvgIpc) is 4.04. The normalized spacial score (nSPS) is 18.7. The lowest BCUT2D eigenvalue weighted by molar-refractivity contribution is -0.153. The number of amides is 4. The molecule has 366 valence electrons. The summed E-state index contributed by atoms with van der Waals surface area (Å²) in [5, 5.41) is 5.69. The first-order valence-corrected chi connectivity index (χ1v) is 25.1. The van der Waals surface area contributed by atoms with Crippen molar-refractivity contribution in [2.75, 3.05) is 84.8 Å². The number of nitrogens with one attached hydrogen (secondary N) is 1. The molecule has 8 rings (SSSR count). The van der Waals surface area contributed by atoms with E-state index in [0.717, 1.165) is 22.4 Å². The number of likely N-dealkylation sites (N-methyl/N-ethyl adjacent to an activating group) is 3. The molecule has 17 nitrogen and oxygen atoms in total. The largest absolute Gasteiger partial charge is 0.492 e. The summed E-state index contributed by atoms with van der Waals surface area (Å²) >= 11 is 8.41. The van der Waals surface area contributed by atoms with Crippen LogP contribution in [0.4, 0.5) is 15.3 Å². The minimum Gasteiger partial charge on any atom is -0.492 e. The lowest BCUT2D eigenvalue weighted by atomic mass is 10.0. The van der Waals surface area contributed by atoms with Gasteiger partial charge < -0.3 is 53.2 Å². The van der Waals surface area contributed by atoms with Crippen molar-refractivity contribution in [3.63, 3.8) is 0 Å². The van der Waals surface area contributed by atoms with Crippen LogP contribution in [0.2, 0.25) is 0 Å². The molecule has 1 unspecified atom stereocenters. The molecule has 0 spiro atoms. The van der Waals surface area contributed by atoms with E-state index in [0.29, 0.717) is 40.0 Å². The maximum absolute atomic E-state index is 14.1. The Bertz CT molecular complexity index is 2840. The van der Waals surface area contributed by atoms with Crippen LogP contribution >= 0.6 is 22.9 Å². The fourth-order valence-electron chi connectivity index (χ4n) is 8.34. The van der Waals surface area contributed by atoms with Gasteiger partial charge in [-0.15, -0.1) is 22.9 Å². The highest BCUT2D eigenvalue weighted by Crippen LogP contribution is 2.47. The molecule has 1 fully saturated rings. The molecular formula is C49H55ClN6O11S2. The van der Waals surface area contributed by atoms with Crippen LogP contribution in [0.1, 0.15) is 47.1 Å². The van der Waals surface area contributed by atoms with Gasteiger partial charge in [-0.2, -0.15) is 0 Å². The quantitative estimate of drug-likeness (QED) is 0.0860. The monoisotopic (exact) mass is 1000 g/mol. The number of carbonyl (C=O) groups is 5. The van der Waals surface area contributed by atoms with E-state index in [9.17, 15) is 28.2 Å². The molecule has 1 saturated heterocycles. The third-order valence-corrected chi connectivity index (χ3v) is 14.8. The number of ether oxygens (including phenoxy) is 4. The smallest absolute Gasteiger partial charge is 0.415 e. The highest BCUT2D eigenvalue weighted by Gasteiger charge is 2.51. The number of furan rings is 1. The summed E-state index contributed by atoms with van der Waals surface area (Å²) in [6.45, 7) is 6.58. The number of nitrogens with zero attached hydrogens (tertiary/aromatic N) is 5. The summed E-state index contributed by atoms with van der Waals surface area (Å²) < 4.78 is 42.9. The van der Waals surface area contributed by atoms with Crippen molar-refractivity contribution in [1.82, 2.24) is 24.9 Å². The maximum Gasteiger partial charge on any atom is 0.415 e. The molecule has 3 aromatic carbocycles. The van der Waals surface area contributed by atoms with Gasteiger partial charge in [-0.1, -0.05) is 30.3 Å². The topological polar surface area (TPSA) is 181 Å². The van der Waals surface area contributed by atoms with E-state index < -0.39 is 57.3 Å². The molecular weight excluding hydrogens is 948 g/mol. The van der Waals surface area contributed by atoms with Crippen molar-refractivity contribution in [1.29, 1.82) is 0 Å². The number of benzene rings is 3. The Balaban J connectivity index is 0.904. The number of hydrogen-bond donors (Lipinski definition) is 1. The maximum atomic E-state index is 14.1. The molecule has 3 aliphatic heterocycles. The highest BCUT2D eigenvalue weighted by molar-refractivity contribution is 7.86. The summed E-state index contributed by atoms with van der Waals surface area (Å²) in [4.78, 5) is 76.2. The molecule has 1 N–H and O–H groups in total. The molecule has 20 heteroatoms. The van der Waals surface area contributed by atoms with Gasteiger partial charge in [-0.3, -0.25) is 13.8 Å². The first kappa shape index (κ1) is 49.3. The molecule has 0 bridgehead atoms. The minimum atomic E-state index is -1.54. The Labute approximate surface area is 411 Å². The zero-order valence-corrected chi connectivity index (χ0v) is 41.8. The first-order valence-electron chi connectivity index (χ1n) is 22.4. The highest BCUT2D eigenvalue weighted by atomic mass is 35.5. The third-order valence-electron chi connectivity index (χ3n) is 11.8. The molecule has 2 aromatic heterocycles. The van der Waals surface area contributed by atoms with Crippen LogP contribution in [0.25, 0.3) is 21.7 Å². The van der Waals surface area contributed by atoms with Crippen molar-refractivity contribution in [2.24, 2.45) is 0 Å². The van der Waals surface area contributed by atoms with E-state index in [1.165, 1.54) is 40.1 Å². The van der Waals surface area contributed by atoms with Crippen LogP contribution in [-0.2, 0) is 36.3 Å². The number of alkyl halides is 1. The Hall–Kier alpha value is -6.15. The van der Waals surface area contributed by atoms with E-state index in [1.807, 2.05) is 66.8 Å². The average molecular weight is 1000 g/mol. The number of thiophene rings is 1. The van der Waals surface area contributed by atoms with E-state index in [2.05, 4.69) is 5.32 Å². The Kier molecular flexibility index (Phi) is 14.6. The summed E-state index contributed by atoms with van der Waals surface area (Å²) in [5.74, 6) is -0.360. The second kappa shape index (κ2) is 20.4. The molecule has 0 radical (unpaired) electrons. The van der Waals surface area contributed by atoms with Gasteiger partial charge >= 0.3 is 18.2 Å². The van der Waals surface area contributed by atoms with E-state index in [-0.39, 0.29) is 68.1 Å². The van der Waals surface area contributed by atoms with Gasteiger partial charge in [0, 0.05) is 79.7 Å². The van der Waals surface area contributed by atoms with E-state index in [4.69, 9.17) is 35.0 Å². The molecule has 69 heavy (non-hydrogen) atoms. The zero-order valence-electron chi connectivity index (χ0n) is 39.4.